The van der Waals surface area contributed by atoms with Crippen LogP contribution in [-0.4, -0.2) is 67.3 Å². The molecule has 2 aliphatic rings. The van der Waals surface area contributed by atoms with Gasteiger partial charge in [-0.05, 0) is 32.0 Å². The number of likely N-dealkylation sites (tertiary alicyclic amines) is 1. The second-order valence-corrected chi connectivity index (χ2v) is 8.73. The van der Waals surface area contributed by atoms with Crippen LogP contribution >= 0.6 is 11.3 Å². The molecule has 0 radical (unpaired) electrons. The average molecular weight is 387 g/mol. The standard InChI is InChI=1S/C21H30N4OS/c1-23(15-18-6-3-2-4-7-18)19-8-5-9-24(16-19)17-20-14-22-21(27-20)25-10-12-26-13-11-25/h2-4,6-7,14,19H,5,8-13,15-17H2,1H3. The molecule has 2 saturated heterocycles. The highest BCUT2D eigenvalue weighted by Gasteiger charge is 2.24. The lowest BCUT2D eigenvalue weighted by Crippen LogP contribution is -2.45. The van der Waals surface area contributed by atoms with E-state index < -0.39 is 0 Å². The van der Waals surface area contributed by atoms with Gasteiger partial charge in [-0.15, -0.1) is 11.3 Å². The van der Waals surface area contributed by atoms with Crippen LogP contribution in [0.4, 0.5) is 5.13 Å². The van der Waals surface area contributed by atoms with Crippen molar-refractivity contribution in [3.05, 3.63) is 47.0 Å². The lowest BCUT2D eigenvalue weighted by Gasteiger charge is -2.37. The van der Waals surface area contributed by atoms with Crippen LogP contribution in [0.15, 0.2) is 36.5 Å². The third-order valence-corrected chi connectivity index (χ3v) is 6.62. The van der Waals surface area contributed by atoms with Crippen molar-refractivity contribution in [2.75, 3.05) is 51.3 Å². The molecule has 2 fully saturated rings. The Bertz CT molecular complexity index is 701. The van der Waals surface area contributed by atoms with E-state index in [1.807, 2.05) is 11.3 Å². The van der Waals surface area contributed by atoms with Crippen molar-refractivity contribution in [3.63, 3.8) is 0 Å². The van der Waals surface area contributed by atoms with Gasteiger partial charge in [0.1, 0.15) is 0 Å². The summed E-state index contributed by atoms with van der Waals surface area (Å²) in [6.07, 6.45) is 4.65. The number of morpholine rings is 1. The fourth-order valence-electron chi connectivity index (χ4n) is 4.03. The Labute approximate surface area is 166 Å². The maximum Gasteiger partial charge on any atom is 0.185 e. The Hall–Kier alpha value is -1.47. The molecular formula is C21H30N4OS. The van der Waals surface area contributed by atoms with Crippen LogP contribution in [0.5, 0.6) is 0 Å². The van der Waals surface area contributed by atoms with Crippen molar-refractivity contribution in [2.45, 2.75) is 32.0 Å². The summed E-state index contributed by atoms with van der Waals surface area (Å²) in [7, 11) is 2.27. The zero-order chi connectivity index (χ0) is 18.5. The van der Waals surface area contributed by atoms with E-state index in [4.69, 9.17) is 4.74 Å². The molecule has 146 valence electrons. The first kappa shape index (κ1) is 18.9. The first-order chi connectivity index (χ1) is 13.3. The summed E-state index contributed by atoms with van der Waals surface area (Å²) in [5, 5.41) is 1.16. The molecule has 2 aliphatic heterocycles. The Morgan fingerprint density at radius 3 is 2.81 bits per heavy atom. The molecule has 3 heterocycles. The molecule has 0 N–H and O–H groups in total. The number of hydrogen-bond acceptors (Lipinski definition) is 6. The van der Waals surface area contributed by atoms with Crippen LogP contribution in [-0.2, 0) is 17.8 Å². The number of anilines is 1. The summed E-state index contributed by atoms with van der Waals surface area (Å²) in [5.74, 6) is 0. The molecular weight excluding hydrogens is 356 g/mol. The van der Waals surface area contributed by atoms with Crippen LogP contribution in [0.3, 0.4) is 0 Å². The molecule has 4 rings (SSSR count). The van der Waals surface area contributed by atoms with Crippen LogP contribution in [0.1, 0.15) is 23.3 Å². The summed E-state index contributed by atoms with van der Waals surface area (Å²) in [6.45, 7) is 7.95. The van der Waals surface area contributed by atoms with Gasteiger partial charge >= 0.3 is 0 Å². The SMILES string of the molecule is CN(Cc1ccccc1)C1CCCN(Cc2cnc(N3CCOCC3)s2)C1. The predicted molar refractivity (Wildman–Crippen MR) is 111 cm³/mol. The number of hydrogen-bond donors (Lipinski definition) is 0. The molecule has 1 aromatic heterocycles. The van der Waals surface area contributed by atoms with Gasteiger partial charge in [0, 0.05) is 49.8 Å². The molecule has 5 nitrogen and oxygen atoms in total. The Balaban J connectivity index is 1.31. The van der Waals surface area contributed by atoms with Gasteiger partial charge in [-0.25, -0.2) is 4.98 Å². The Kier molecular flexibility index (Phi) is 6.39. The number of rotatable bonds is 6. The van der Waals surface area contributed by atoms with Crippen LogP contribution in [0.2, 0.25) is 0 Å². The third kappa shape index (κ3) is 5.08. The summed E-state index contributed by atoms with van der Waals surface area (Å²) in [5.41, 5.74) is 1.40. The molecule has 0 spiro atoms. The summed E-state index contributed by atoms with van der Waals surface area (Å²) < 4.78 is 5.45. The van der Waals surface area contributed by atoms with Crippen molar-refractivity contribution in [3.8, 4) is 0 Å². The van der Waals surface area contributed by atoms with Gasteiger partial charge in [-0.3, -0.25) is 9.80 Å². The minimum Gasteiger partial charge on any atom is -0.378 e. The van der Waals surface area contributed by atoms with Gasteiger partial charge in [0.15, 0.2) is 5.13 Å². The van der Waals surface area contributed by atoms with Crippen LogP contribution in [0.25, 0.3) is 0 Å². The molecule has 6 heteroatoms. The highest BCUT2D eigenvalue weighted by Crippen LogP contribution is 2.26. The molecule has 2 aromatic rings. The first-order valence-corrected chi connectivity index (χ1v) is 10.8. The fourth-order valence-corrected chi connectivity index (χ4v) is 5.03. The number of likely N-dealkylation sites (N-methyl/N-ethyl adjacent to an activating group) is 1. The predicted octanol–water partition coefficient (Wildman–Crippen LogP) is 3.08. The number of aromatic nitrogens is 1. The molecule has 0 aliphatic carbocycles. The molecule has 1 atom stereocenters. The highest BCUT2D eigenvalue weighted by molar-refractivity contribution is 7.15. The van der Waals surface area contributed by atoms with Crippen molar-refractivity contribution in [1.29, 1.82) is 0 Å². The first-order valence-electron chi connectivity index (χ1n) is 10.0. The van der Waals surface area contributed by atoms with E-state index in [0.29, 0.717) is 6.04 Å². The average Bonchev–Trinajstić information content (AvgIpc) is 3.18. The Morgan fingerprint density at radius 1 is 1.19 bits per heavy atom. The highest BCUT2D eigenvalue weighted by atomic mass is 32.1. The molecule has 0 bridgehead atoms. The summed E-state index contributed by atoms with van der Waals surface area (Å²) in [6, 6.07) is 11.4. The zero-order valence-electron chi connectivity index (χ0n) is 16.2. The molecule has 0 saturated carbocycles. The van der Waals surface area contributed by atoms with Crippen molar-refractivity contribution in [1.82, 2.24) is 14.8 Å². The number of ether oxygens (including phenoxy) is 1. The molecule has 0 amide bonds. The number of benzene rings is 1. The van der Waals surface area contributed by atoms with E-state index in [1.54, 1.807) is 0 Å². The van der Waals surface area contributed by atoms with Crippen LogP contribution in [0, 0.1) is 0 Å². The summed E-state index contributed by atoms with van der Waals surface area (Å²) in [4.78, 5) is 13.5. The van der Waals surface area contributed by atoms with Gasteiger partial charge < -0.3 is 9.64 Å². The number of nitrogens with zero attached hydrogens (tertiary/aromatic N) is 4. The van der Waals surface area contributed by atoms with E-state index in [9.17, 15) is 0 Å². The minimum atomic E-state index is 0.630. The number of piperidine rings is 1. The third-order valence-electron chi connectivity index (χ3n) is 5.58. The maximum atomic E-state index is 5.45. The van der Waals surface area contributed by atoms with Crippen LogP contribution < -0.4 is 4.90 Å². The fraction of sp³-hybridized carbons (Fsp3) is 0.571. The minimum absolute atomic E-state index is 0.630. The van der Waals surface area contributed by atoms with E-state index in [2.05, 4.69) is 63.3 Å². The second kappa shape index (κ2) is 9.15. The quantitative estimate of drug-likeness (QED) is 0.762. The second-order valence-electron chi connectivity index (χ2n) is 7.64. The lowest BCUT2D eigenvalue weighted by molar-refractivity contribution is 0.108. The van der Waals surface area contributed by atoms with E-state index in [0.717, 1.165) is 51.1 Å². The monoisotopic (exact) mass is 386 g/mol. The van der Waals surface area contributed by atoms with Gasteiger partial charge in [0.25, 0.3) is 0 Å². The lowest BCUT2D eigenvalue weighted by atomic mass is 10.0. The Morgan fingerprint density at radius 2 is 2.00 bits per heavy atom. The van der Waals surface area contributed by atoms with Gasteiger partial charge in [-0.2, -0.15) is 0 Å². The normalized spacial score (nSPS) is 21.7. The molecule has 1 unspecified atom stereocenters. The molecule has 1 aromatic carbocycles. The smallest absolute Gasteiger partial charge is 0.185 e. The van der Waals surface area contributed by atoms with Crippen molar-refractivity contribution >= 4 is 16.5 Å². The van der Waals surface area contributed by atoms with E-state index in [-0.39, 0.29) is 0 Å². The zero-order valence-corrected chi connectivity index (χ0v) is 17.0. The van der Waals surface area contributed by atoms with Gasteiger partial charge in [0.05, 0.1) is 13.2 Å². The number of thiazole rings is 1. The largest absolute Gasteiger partial charge is 0.378 e. The van der Waals surface area contributed by atoms with Crippen molar-refractivity contribution in [2.24, 2.45) is 0 Å². The van der Waals surface area contributed by atoms with Crippen molar-refractivity contribution < 1.29 is 4.74 Å². The van der Waals surface area contributed by atoms with E-state index in [1.165, 1.54) is 29.8 Å². The van der Waals surface area contributed by atoms with Gasteiger partial charge in [0.2, 0.25) is 0 Å². The van der Waals surface area contributed by atoms with Gasteiger partial charge in [-0.1, -0.05) is 30.3 Å². The topological polar surface area (TPSA) is 31.8 Å². The maximum absolute atomic E-state index is 5.45. The van der Waals surface area contributed by atoms with E-state index >= 15 is 0 Å². The summed E-state index contributed by atoms with van der Waals surface area (Å²) >= 11 is 1.85. The molecule has 27 heavy (non-hydrogen) atoms.